The number of hydrogen-bond acceptors (Lipinski definition) is 2. The molecule has 4 atom stereocenters. The van der Waals surface area contributed by atoms with Crippen molar-refractivity contribution in [3.05, 3.63) is 41.6 Å². The number of allylic oxidation sites excluding steroid dienone is 1. The van der Waals surface area contributed by atoms with Gasteiger partial charge in [-0.05, 0) is 50.7 Å². The molecule has 3 aliphatic rings. The van der Waals surface area contributed by atoms with E-state index in [9.17, 15) is 0 Å². The fourth-order valence-corrected chi connectivity index (χ4v) is 4.82. The summed E-state index contributed by atoms with van der Waals surface area (Å²) in [7, 11) is 0. The fraction of sp³-hybridized carbons (Fsp3) is 0.600. The number of benzene rings is 1. The monoisotopic (exact) mass is 297 g/mol. The van der Waals surface area contributed by atoms with Crippen LogP contribution in [0, 0.1) is 11.8 Å². The lowest BCUT2D eigenvalue weighted by Gasteiger charge is -2.58. The molecular formula is C20H27NO. The van der Waals surface area contributed by atoms with Crippen molar-refractivity contribution >= 4 is 5.57 Å². The highest BCUT2D eigenvalue weighted by molar-refractivity contribution is 5.68. The van der Waals surface area contributed by atoms with E-state index in [-0.39, 0.29) is 11.8 Å². The van der Waals surface area contributed by atoms with Crippen molar-refractivity contribution in [1.82, 2.24) is 4.90 Å². The molecule has 0 amide bonds. The Bertz CT molecular complexity index is 618. The van der Waals surface area contributed by atoms with Gasteiger partial charge in [0.15, 0.2) is 6.23 Å². The molecule has 1 saturated heterocycles. The van der Waals surface area contributed by atoms with Gasteiger partial charge in [-0.15, -0.1) is 0 Å². The van der Waals surface area contributed by atoms with Crippen LogP contribution in [-0.4, -0.2) is 16.5 Å². The maximum atomic E-state index is 6.66. The van der Waals surface area contributed by atoms with Crippen LogP contribution in [0.2, 0.25) is 0 Å². The van der Waals surface area contributed by atoms with Crippen LogP contribution in [0.15, 0.2) is 30.5 Å². The second-order valence-electron chi connectivity index (χ2n) is 8.01. The summed E-state index contributed by atoms with van der Waals surface area (Å²) in [6, 6.07) is 8.74. The first-order chi connectivity index (χ1) is 10.5. The third kappa shape index (κ3) is 1.96. The summed E-state index contributed by atoms with van der Waals surface area (Å²) in [5.41, 5.74) is 4.20. The molecule has 1 aliphatic carbocycles. The smallest absolute Gasteiger partial charge is 0.157 e. The average molecular weight is 297 g/mol. The summed E-state index contributed by atoms with van der Waals surface area (Å²) in [6.45, 7) is 9.42. The highest BCUT2D eigenvalue weighted by atomic mass is 16.5. The molecule has 1 saturated carbocycles. The first kappa shape index (κ1) is 14.3. The Labute approximate surface area is 134 Å². The van der Waals surface area contributed by atoms with E-state index in [1.807, 2.05) is 0 Å². The SMILES string of the molecule is CC1=CN2[C@@H](O[C@@H]3C[C@H](C)CC[C@H]3C2(C)C)c2ccccc21. The minimum atomic E-state index is 0.0847. The summed E-state index contributed by atoms with van der Waals surface area (Å²) in [6.07, 6.45) is 6.66. The molecule has 1 aromatic carbocycles. The lowest BCUT2D eigenvalue weighted by Crippen LogP contribution is -2.60. The van der Waals surface area contributed by atoms with Crippen molar-refractivity contribution in [2.24, 2.45) is 11.8 Å². The van der Waals surface area contributed by atoms with E-state index in [2.05, 4.69) is 63.1 Å². The second-order valence-corrected chi connectivity index (χ2v) is 8.01. The zero-order valence-electron chi connectivity index (χ0n) is 14.2. The minimum Gasteiger partial charge on any atom is -0.350 e. The minimum absolute atomic E-state index is 0.0847. The first-order valence-corrected chi connectivity index (χ1v) is 8.70. The van der Waals surface area contributed by atoms with Gasteiger partial charge >= 0.3 is 0 Å². The topological polar surface area (TPSA) is 12.5 Å². The van der Waals surface area contributed by atoms with Crippen molar-refractivity contribution < 1.29 is 4.74 Å². The number of ether oxygens (including phenoxy) is 1. The maximum Gasteiger partial charge on any atom is 0.157 e. The van der Waals surface area contributed by atoms with Gasteiger partial charge in [0, 0.05) is 23.2 Å². The molecule has 2 aliphatic heterocycles. The maximum absolute atomic E-state index is 6.66. The molecular weight excluding hydrogens is 270 g/mol. The molecule has 0 bridgehead atoms. The molecule has 2 nitrogen and oxygen atoms in total. The van der Waals surface area contributed by atoms with E-state index < -0.39 is 0 Å². The number of fused-ring (bicyclic) bond motifs is 4. The number of hydrogen-bond donors (Lipinski definition) is 0. The van der Waals surface area contributed by atoms with Crippen LogP contribution in [-0.2, 0) is 4.74 Å². The molecule has 0 spiro atoms. The predicted molar refractivity (Wildman–Crippen MR) is 90.1 cm³/mol. The van der Waals surface area contributed by atoms with Gasteiger partial charge in [0.05, 0.1) is 6.10 Å². The molecule has 22 heavy (non-hydrogen) atoms. The van der Waals surface area contributed by atoms with Crippen molar-refractivity contribution in [1.29, 1.82) is 0 Å². The predicted octanol–water partition coefficient (Wildman–Crippen LogP) is 4.98. The first-order valence-electron chi connectivity index (χ1n) is 8.70. The van der Waals surface area contributed by atoms with E-state index in [0.29, 0.717) is 12.0 Å². The standard InChI is InChI=1S/C20H27NO/c1-13-9-10-17-18(11-13)22-19-16-8-6-5-7-15(16)14(2)12-21(19)20(17,3)4/h5-8,12-13,17-19H,9-11H2,1-4H3/t13-,17-,18-,19+/m1/s1. The molecule has 2 heteroatoms. The van der Waals surface area contributed by atoms with E-state index >= 15 is 0 Å². The summed E-state index contributed by atoms with van der Waals surface area (Å²) in [4.78, 5) is 2.49. The molecule has 0 unspecified atom stereocenters. The lowest BCUT2D eigenvalue weighted by atomic mass is 9.69. The Morgan fingerprint density at radius 1 is 1.18 bits per heavy atom. The Balaban J connectivity index is 1.79. The summed E-state index contributed by atoms with van der Waals surface area (Å²) in [5.74, 6) is 1.42. The fourth-order valence-electron chi connectivity index (χ4n) is 4.82. The van der Waals surface area contributed by atoms with Crippen LogP contribution in [0.5, 0.6) is 0 Å². The van der Waals surface area contributed by atoms with Gasteiger partial charge in [-0.25, -0.2) is 0 Å². The van der Waals surface area contributed by atoms with Gasteiger partial charge in [-0.3, -0.25) is 0 Å². The Kier molecular flexibility index (Phi) is 3.16. The van der Waals surface area contributed by atoms with Gasteiger partial charge in [0.2, 0.25) is 0 Å². The molecule has 2 heterocycles. The molecule has 1 aromatic rings. The van der Waals surface area contributed by atoms with Crippen LogP contribution in [0.3, 0.4) is 0 Å². The van der Waals surface area contributed by atoms with Crippen molar-refractivity contribution in [2.45, 2.75) is 64.8 Å². The summed E-state index contributed by atoms with van der Waals surface area (Å²) < 4.78 is 6.66. The van der Waals surface area contributed by atoms with Crippen LogP contribution in [0.4, 0.5) is 0 Å². The summed E-state index contributed by atoms with van der Waals surface area (Å²) in [5, 5.41) is 0. The van der Waals surface area contributed by atoms with Crippen LogP contribution in [0.1, 0.15) is 64.3 Å². The largest absolute Gasteiger partial charge is 0.350 e. The van der Waals surface area contributed by atoms with E-state index in [1.165, 1.54) is 36.0 Å². The number of nitrogens with zero attached hydrogens (tertiary/aromatic N) is 1. The molecule has 4 rings (SSSR count). The normalized spacial score (nSPS) is 36.0. The van der Waals surface area contributed by atoms with E-state index in [1.54, 1.807) is 0 Å². The quantitative estimate of drug-likeness (QED) is 0.670. The van der Waals surface area contributed by atoms with Gasteiger partial charge in [0.25, 0.3) is 0 Å². The van der Waals surface area contributed by atoms with E-state index in [0.717, 1.165) is 5.92 Å². The second kappa shape index (κ2) is 4.86. The van der Waals surface area contributed by atoms with Crippen LogP contribution < -0.4 is 0 Å². The van der Waals surface area contributed by atoms with E-state index in [4.69, 9.17) is 4.74 Å². The highest BCUT2D eigenvalue weighted by Gasteiger charge is 2.51. The highest BCUT2D eigenvalue weighted by Crippen LogP contribution is 2.51. The van der Waals surface area contributed by atoms with Crippen LogP contribution >= 0.6 is 0 Å². The molecule has 0 N–H and O–H groups in total. The third-order valence-electron chi connectivity index (χ3n) is 6.17. The van der Waals surface area contributed by atoms with Crippen molar-refractivity contribution in [3.63, 3.8) is 0 Å². The summed E-state index contributed by atoms with van der Waals surface area (Å²) >= 11 is 0. The van der Waals surface area contributed by atoms with Crippen LogP contribution in [0.25, 0.3) is 5.57 Å². The van der Waals surface area contributed by atoms with Gasteiger partial charge in [-0.2, -0.15) is 0 Å². The number of rotatable bonds is 0. The van der Waals surface area contributed by atoms with Gasteiger partial charge < -0.3 is 9.64 Å². The molecule has 118 valence electrons. The van der Waals surface area contributed by atoms with Gasteiger partial charge in [0.1, 0.15) is 0 Å². The van der Waals surface area contributed by atoms with Crippen molar-refractivity contribution in [2.75, 3.05) is 0 Å². The molecule has 0 aromatic heterocycles. The molecule has 2 fully saturated rings. The zero-order chi connectivity index (χ0) is 15.5. The average Bonchev–Trinajstić information content (AvgIpc) is 2.49. The Morgan fingerprint density at radius 3 is 2.77 bits per heavy atom. The van der Waals surface area contributed by atoms with Crippen molar-refractivity contribution in [3.8, 4) is 0 Å². The Hall–Kier alpha value is -1.28. The zero-order valence-corrected chi connectivity index (χ0v) is 14.2. The van der Waals surface area contributed by atoms with Gasteiger partial charge in [-0.1, -0.05) is 37.6 Å². The Morgan fingerprint density at radius 2 is 1.95 bits per heavy atom. The third-order valence-corrected chi connectivity index (χ3v) is 6.17. The lowest BCUT2D eigenvalue weighted by molar-refractivity contribution is -0.220. The molecule has 0 radical (unpaired) electrons.